The Morgan fingerprint density at radius 3 is 2.42 bits per heavy atom. The third kappa shape index (κ3) is 5.29. The fraction of sp³-hybridized carbons (Fsp3) is 0.261. The van der Waals surface area contributed by atoms with Gasteiger partial charge in [-0.3, -0.25) is 9.59 Å². The number of anilines is 2. The summed E-state index contributed by atoms with van der Waals surface area (Å²) in [7, 11) is 2.13. The number of amides is 2. The number of piperazine rings is 1. The Morgan fingerprint density at radius 1 is 1.00 bits per heavy atom. The van der Waals surface area contributed by atoms with E-state index in [9.17, 15) is 9.59 Å². The van der Waals surface area contributed by atoms with Gasteiger partial charge in [0, 0.05) is 50.2 Å². The number of aromatic nitrogens is 1. The summed E-state index contributed by atoms with van der Waals surface area (Å²) in [6.45, 7) is 4.40. The summed E-state index contributed by atoms with van der Waals surface area (Å²) in [6, 6.07) is 13.9. The molecular weight excluding hydrogens is 394 g/mol. The summed E-state index contributed by atoms with van der Waals surface area (Å²) in [4.78, 5) is 33.6. The van der Waals surface area contributed by atoms with Crippen LogP contribution in [-0.4, -0.2) is 54.9 Å². The third-order valence-corrected chi connectivity index (χ3v) is 5.24. The van der Waals surface area contributed by atoms with E-state index < -0.39 is 0 Å². The standard InChI is InChI=1S/C23H25N5O3/c1-27-10-12-28(13-11-27)21-9-4-17(15-24-21)16-25-22(29)18-5-7-19(8-6-18)26-23(30)20-3-2-14-31-20/h2-9,14-15H,10-13,16H2,1H3,(H,25,29)(H,26,30). The fourth-order valence-electron chi connectivity index (χ4n) is 3.33. The molecule has 2 aromatic heterocycles. The average Bonchev–Trinajstić information content (AvgIpc) is 3.34. The quantitative estimate of drug-likeness (QED) is 0.638. The largest absolute Gasteiger partial charge is 0.459 e. The molecule has 1 saturated heterocycles. The van der Waals surface area contributed by atoms with Crippen molar-refractivity contribution in [2.75, 3.05) is 43.4 Å². The number of carbonyl (C=O) groups is 2. The molecular formula is C23H25N5O3. The summed E-state index contributed by atoms with van der Waals surface area (Å²) in [5.74, 6) is 0.672. The Hall–Kier alpha value is -3.65. The first-order valence-corrected chi connectivity index (χ1v) is 10.2. The van der Waals surface area contributed by atoms with E-state index in [1.807, 2.05) is 12.1 Å². The highest BCUT2D eigenvalue weighted by Crippen LogP contribution is 2.14. The van der Waals surface area contributed by atoms with Gasteiger partial charge in [-0.15, -0.1) is 0 Å². The molecule has 2 amide bonds. The van der Waals surface area contributed by atoms with Crippen molar-refractivity contribution in [3.63, 3.8) is 0 Å². The average molecular weight is 419 g/mol. The van der Waals surface area contributed by atoms with Crippen LogP contribution in [0.1, 0.15) is 26.5 Å². The van der Waals surface area contributed by atoms with Gasteiger partial charge in [0.2, 0.25) is 0 Å². The van der Waals surface area contributed by atoms with Crippen LogP contribution in [0, 0.1) is 0 Å². The Morgan fingerprint density at radius 2 is 1.77 bits per heavy atom. The zero-order chi connectivity index (χ0) is 21.6. The van der Waals surface area contributed by atoms with Crippen molar-refractivity contribution in [3.05, 3.63) is 77.9 Å². The SMILES string of the molecule is CN1CCN(c2ccc(CNC(=O)c3ccc(NC(=O)c4ccco4)cc3)cn2)CC1. The number of benzene rings is 1. The van der Waals surface area contributed by atoms with Gasteiger partial charge in [-0.05, 0) is 55.1 Å². The Bertz CT molecular complexity index is 1010. The molecule has 0 bridgehead atoms. The van der Waals surface area contributed by atoms with Crippen LogP contribution in [0.2, 0.25) is 0 Å². The fourth-order valence-corrected chi connectivity index (χ4v) is 3.33. The molecule has 160 valence electrons. The van der Waals surface area contributed by atoms with Crippen LogP contribution >= 0.6 is 0 Å². The molecule has 0 aliphatic carbocycles. The van der Waals surface area contributed by atoms with Crippen LogP contribution < -0.4 is 15.5 Å². The lowest BCUT2D eigenvalue weighted by atomic mass is 10.2. The topological polar surface area (TPSA) is 90.7 Å². The molecule has 1 aromatic carbocycles. The van der Waals surface area contributed by atoms with Gasteiger partial charge >= 0.3 is 0 Å². The molecule has 3 aromatic rings. The number of carbonyl (C=O) groups excluding carboxylic acids is 2. The number of nitrogens with zero attached hydrogens (tertiary/aromatic N) is 3. The summed E-state index contributed by atoms with van der Waals surface area (Å²) < 4.78 is 5.06. The minimum Gasteiger partial charge on any atom is -0.459 e. The molecule has 31 heavy (non-hydrogen) atoms. The minimum atomic E-state index is -0.338. The lowest BCUT2D eigenvalue weighted by Crippen LogP contribution is -2.44. The lowest BCUT2D eigenvalue weighted by molar-refractivity contribution is 0.0950. The predicted molar refractivity (Wildman–Crippen MR) is 118 cm³/mol. The predicted octanol–water partition coefficient (Wildman–Crippen LogP) is 2.61. The monoisotopic (exact) mass is 419 g/mol. The van der Waals surface area contributed by atoms with E-state index in [0.717, 1.165) is 37.6 Å². The van der Waals surface area contributed by atoms with Gasteiger partial charge in [-0.2, -0.15) is 0 Å². The number of likely N-dealkylation sites (N-methyl/N-ethyl adjacent to an activating group) is 1. The number of pyridine rings is 1. The van der Waals surface area contributed by atoms with Crippen LogP contribution in [0.25, 0.3) is 0 Å². The second-order valence-electron chi connectivity index (χ2n) is 7.51. The molecule has 0 spiro atoms. The van der Waals surface area contributed by atoms with E-state index in [4.69, 9.17) is 4.42 Å². The second kappa shape index (κ2) is 9.44. The maximum absolute atomic E-state index is 12.4. The smallest absolute Gasteiger partial charge is 0.291 e. The Kier molecular flexibility index (Phi) is 6.28. The molecule has 3 heterocycles. The third-order valence-electron chi connectivity index (χ3n) is 5.24. The maximum atomic E-state index is 12.4. The van der Waals surface area contributed by atoms with Gasteiger partial charge in [0.25, 0.3) is 11.8 Å². The Balaban J connectivity index is 1.28. The Labute approximate surface area is 180 Å². The normalized spacial score (nSPS) is 14.3. The van der Waals surface area contributed by atoms with E-state index in [-0.39, 0.29) is 17.6 Å². The molecule has 2 N–H and O–H groups in total. The molecule has 1 fully saturated rings. The van der Waals surface area contributed by atoms with E-state index in [1.54, 1.807) is 42.6 Å². The highest BCUT2D eigenvalue weighted by atomic mass is 16.3. The zero-order valence-electron chi connectivity index (χ0n) is 17.4. The van der Waals surface area contributed by atoms with Gasteiger partial charge in [0.15, 0.2) is 5.76 Å². The summed E-state index contributed by atoms with van der Waals surface area (Å²) in [5.41, 5.74) is 2.04. The van der Waals surface area contributed by atoms with Crippen LogP contribution in [0.15, 0.2) is 65.4 Å². The molecule has 1 aliphatic heterocycles. The molecule has 4 rings (SSSR count). The maximum Gasteiger partial charge on any atom is 0.291 e. The molecule has 0 atom stereocenters. The van der Waals surface area contributed by atoms with Gasteiger partial charge in [0.05, 0.1) is 6.26 Å². The number of hydrogen-bond donors (Lipinski definition) is 2. The number of furan rings is 1. The number of nitrogens with one attached hydrogen (secondary N) is 2. The highest BCUT2D eigenvalue weighted by Gasteiger charge is 2.15. The summed E-state index contributed by atoms with van der Waals surface area (Å²) in [6.07, 6.45) is 3.25. The second-order valence-corrected chi connectivity index (χ2v) is 7.51. The molecule has 1 aliphatic rings. The molecule has 0 radical (unpaired) electrons. The molecule has 8 nitrogen and oxygen atoms in total. The van der Waals surface area contributed by atoms with E-state index in [1.165, 1.54) is 6.26 Å². The first-order chi connectivity index (χ1) is 15.1. The van der Waals surface area contributed by atoms with Crippen molar-refractivity contribution in [1.29, 1.82) is 0 Å². The first-order valence-electron chi connectivity index (χ1n) is 10.2. The lowest BCUT2D eigenvalue weighted by Gasteiger charge is -2.33. The van der Waals surface area contributed by atoms with Crippen LogP contribution in [-0.2, 0) is 6.54 Å². The number of rotatable bonds is 6. The molecule has 0 saturated carbocycles. The zero-order valence-corrected chi connectivity index (χ0v) is 17.4. The molecule has 8 heteroatoms. The van der Waals surface area contributed by atoms with Crippen molar-refractivity contribution in [1.82, 2.24) is 15.2 Å². The van der Waals surface area contributed by atoms with Gasteiger partial charge in [-0.25, -0.2) is 4.98 Å². The number of hydrogen-bond acceptors (Lipinski definition) is 6. The van der Waals surface area contributed by atoms with Gasteiger partial charge in [0.1, 0.15) is 5.82 Å². The molecule has 0 unspecified atom stereocenters. The van der Waals surface area contributed by atoms with E-state index in [0.29, 0.717) is 17.8 Å². The summed E-state index contributed by atoms with van der Waals surface area (Å²) in [5, 5.41) is 5.62. The van der Waals surface area contributed by atoms with Gasteiger partial charge < -0.3 is 24.9 Å². The van der Waals surface area contributed by atoms with Crippen molar-refractivity contribution in [3.8, 4) is 0 Å². The van der Waals surface area contributed by atoms with Crippen molar-refractivity contribution >= 4 is 23.3 Å². The highest BCUT2D eigenvalue weighted by molar-refractivity contribution is 6.02. The van der Waals surface area contributed by atoms with Crippen molar-refractivity contribution in [2.24, 2.45) is 0 Å². The van der Waals surface area contributed by atoms with Crippen molar-refractivity contribution < 1.29 is 14.0 Å². The van der Waals surface area contributed by atoms with Crippen molar-refractivity contribution in [2.45, 2.75) is 6.54 Å². The van der Waals surface area contributed by atoms with Crippen LogP contribution in [0.3, 0.4) is 0 Å². The summed E-state index contributed by atoms with van der Waals surface area (Å²) >= 11 is 0. The van der Waals surface area contributed by atoms with Crippen LogP contribution in [0.5, 0.6) is 0 Å². The first kappa shape index (κ1) is 20.6. The van der Waals surface area contributed by atoms with E-state index in [2.05, 4.69) is 32.5 Å². The van der Waals surface area contributed by atoms with Crippen LogP contribution in [0.4, 0.5) is 11.5 Å². The van der Waals surface area contributed by atoms with E-state index >= 15 is 0 Å². The van der Waals surface area contributed by atoms with Gasteiger partial charge in [-0.1, -0.05) is 6.07 Å². The minimum absolute atomic E-state index is 0.188.